The number of methoxy groups -OCH3 is 1. The lowest BCUT2D eigenvalue weighted by Crippen LogP contribution is -2.18. The van der Waals surface area contributed by atoms with E-state index in [0.717, 1.165) is 0 Å². The van der Waals surface area contributed by atoms with Crippen molar-refractivity contribution in [3.63, 3.8) is 0 Å². The second-order valence-corrected chi connectivity index (χ2v) is 6.16. The van der Waals surface area contributed by atoms with Gasteiger partial charge in [0.25, 0.3) is 0 Å². The van der Waals surface area contributed by atoms with E-state index < -0.39 is 11.9 Å². The summed E-state index contributed by atoms with van der Waals surface area (Å²) in [6.07, 6.45) is -0.0599. The van der Waals surface area contributed by atoms with Gasteiger partial charge in [-0.05, 0) is 42.0 Å². The van der Waals surface area contributed by atoms with E-state index in [0.29, 0.717) is 26.2 Å². The number of halogens is 3. The van der Waals surface area contributed by atoms with Gasteiger partial charge in [-0.3, -0.25) is 9.59 Å². The Morgan fingerprint density at radius 2 is 1.61 bits per heavy atom. The van der Waals surface area contributed by atoms with Crippen LogP contribution in [0.25, 0.3) is 0 Å². The van der Waals surface area contributed by atoms with E-state index in [1.807, 2.05) is 0 Å². The van der Waals surface area contributed by atoms with Crippen LogP contribution in [-0.2, 0) is 9.53 Å². The highest BCUT2D eigenvalue weighted by molar-refractivity contribution is 6.35. The van der Waals surface area contributed by atoms with Gasteiger partial charge in [-0.2, -0.15) is 0 Å². The maximum Gasteiger partial charge on any atom is 0.313 e. The molecule has 6 heteroatoms. The van der Waals surface area contributed by atoms with E-state index >= 15 is 0 Å². The highest BCUT2D eigenvalue weighted by atomic mass is 35.5. The van der Waals surface area contributed by atoms with Crippen molar-refractivity contribution in [3.05, 3.63) is 68.7 Å². The average Bonchev–Trinajstić information content (AvgIpc) is 2.53. The zero-order chi connectivity index (χ0) is 17.0. The number of Topliss-reactive ketones (excluding diaryl/α,β-unsaturated/α-hetero) is 1. The summed E-state index contributed by atoms with van der Waals surface area (Å²) in [5, 5.41) is 1.30. The van der Waals surface area contributed by atoms with Crippen LogP contribution in [0.2, 0.25) is 15.1 Å². The molecule has 2 aromatic rings. The molecule has 0 bridgehead atoms. The molecule has 2 rings (SSSR count). The molecular formula is C17H13Cl3O3. The molecule has 0 aliphatic rings. The molecule has 3 nitrogen and oxygen atoms in total. The van der Waals surface area contributed by atoms with Crippen LogP contribution in [-0.4, -0.2) is 18.9 Å². The summed E-state index contributed by atoms with van der Waals surface area (Å²) in [6, 6.07) is 11.2. The van der Waals surface area contributed by atoms with Gasteiger partial charge in [-0.25, -0.2) is 0 Å². The number of carbonyl (C=O) groups excluding carboxylic acids is 2. The van der Waals surface area contributed by atoms with Crippen LogP contribution < -0.4 is 0 Å². The Balaban J connectivity index is 2.30. The SMILES string of the molecule is COC(=O)[C@@H](CC(=O)c1ccc(Cl)cc1)c1ccc(Cl)cc1Cl. The van der Waals surface area contributed by atoms with Crippen LogP contribution >= 0.6 is 34.8 Å². The molecule has 0 N–H and O–H groups in total. The Bertz CT molecular complexity index is 726. The smallest absolute Gasteiger partial charge is 0.313 e. The fourth-order valence-corrected chi connectivity index (χ4v) is 2.85. The van der Waals surface area contributed by atoms with Crippen LogP contribution in [0.15, 0.2) is 42.5 Å². The predicted molar refractivity (Wildman–Crippen MR) is 91.6 cm³/mol. The first-order chi connectivity index (χ1) is 10.9. The molecule has 1 atom stereocenters. The highest BCUT2D eigenvalue weighted by Gasteiger charge is 2.27. The molecule has 0 radical (unpaired) electrons. The maximum atomic E-state index is 12.4. The van der Waals surface area contributed by atoms with Crippen LogP contribution in [0.5, 0.6) is 0 Å². The lowest BCUT2D eigenvalue weighted by molar-refractivity contribution is -0.142. The maximum absolute atomic E-state index is 12.4. The van der Waals surface area contributed by atoms with Crippen molar-refractivity contribution in [1.29, 1.82) is 0 Å². The predicted octanol–water partition coefficient (Wildman–Crippen LogP) is 5.18. The Labute approximate surface area is 149 Å². The van der Waals surface area contributed by atoms with Crippen molar-refractivity contribution in [2.75, 3.05) is 7.11 Å². The molecule has 23 heavy (non-hydrogen) atoms. The van der Waals surface area contributed by atoms with Gasteiger partial charge in [-0.1, -0.05) is 40.9 Å². The zero-order valence-electron chi connectivity index (χ0n) is 12.2. The first-order valence-corrected chi connectivity index (χ1v) is 7.87. The summed E-state index contributed by atoms with van der Waals surface area (Å²) in [5.74, 6) is -1.53. The van der Waals surface area contributed by atoms with Crippen molar-refractivity contribution in [2.45, 2.75) is 12.3 Å². The molecule has 0 spiro atoms. The van der Waals surface area contributed by atoms with E-state index in [-0.39, 0.29) is 12.2 Å². The minimum atomic E-state index is -0.798. The number of ether oxygens (including phenoxy) is 1. The fourth-order valence-electron chi connectivity index (χ4n) is 2.19. The number of ketones is 1. The molecule has 0 aliphatic carbocycles. The number of hydrogen-bond acceptors (Lipinski definition) is 3. The summed E-state index contributed by atoms with van der Waals surface area (Å²) < 4.78 is 4.80. The van der Waals surface area contributed by atoms with Crippen molar-refractivity contribution in [3.8, 4) is 0 Å². The second kappa shape index (κ2) is 7.82. The number of benzene rings is 2. The Hall–Kier alpha value is -1.55. The molecule has 0 saturated carbocycles. The van der Waals surface area contributed by atoms with Gasteiger partial charge in [0, 0.05) is 27.1 Å². The van der Waals surface area contributed by atoms with E-state index in [9.17, 15) is 9.59 Å². The molecule has 0 amide bonds. The zero-order valence-corrected chi connectivity index (χ0v) is 14.5. The fraction of sp³-hybridized carbons (Fsp3) is 0.176. The third-order valence-corrected chi connectivity index (χ3v) is 4.19. The topological polar surface area (TPSA) is 43.4 Å². The van der Waals surface area contributed by atoms with Gasteiger partial charge in [0.2, 0.25) is 0 Å². The van der Waals surface area contributed by atoms with Crippen LogP contribution in [0, 0.1) is 0 Å². The van der Waals surface area contributed by atoms with Crippen molar-refractivity contribution in [2.24, 2.45) is 0 Å². The average molecular weight is 372 g/mol. The van der Waals surface area contributed by atoms with E-state index in [4.69, 9.17) is 39.5 Å². The van der Waals surface area contributed by atoms with Gasteiger partial charge in [0.1, 0.15) is 0 Å². The monoisotopic (exact) mass is 370 g/mol. The van der Waals surface area contributed by atoms with Crippen LogP contribution in [0.3, 0.4) is 0 Å². The molecule has 0 saturated heterocycles. The molecule has 0 aromatic heterocycles. The molecule has 2 aromatic carbocycles. The third kappa shape index (κ3) is 4.47. The minimum absolute atomic E-state index is 0.0599. The molecule has 120 valence electrons. The van der Waals surface area contributed by atoms with Gasteiger partial charge < -0.3 is 4.74 Å². The lowest BCUT2D eigenvalue weighted by Gasteiger charge is -2.16. The first kappa shape index (κ1) is 17.8. The quantitative estimate of drug-likeness (QED) is 0.537. The number of rotatable bonds is 5. The summed E-state index contributed by atoms with van der Waals surface area (Å²) >= 11 is 17.8. The van der Waals surface area contributed by atoms with Gasteiger partial charge >= 0.3 is 5.97 Å². The molecule has 0 heterocycles. The Morgan fingerprint density at radius 3 is 2.17 bits per heavy atom. The summed E-state index contributed by atoms with van der Waals surface area (Å²) in [6.45, 7) is 0. The Morgan fingerprint density at radius 1 is 1.00 bits per heavy atom. The highest BCUT2D eigenvalue weighted by Crippen LogP contribution is 2.31. The summed E-state index contributed by atoms with van der Waals surface area (Å²) in [7, 11) is 1.27. The molecule has 0 unspecified atom stereocenters. The molecular weight excluding hydrogens is 359 g/mol. The van der Waals surface area contributed by atoms with Gasteiger partial charge in [-0.15, -0.1) is 0 Å². The first-order valence-electron chi connectivity index (χ1n) is 6.74. The van der Waals surface area contributed by atoms with E-state index in [1.54, 1.807) is 36.4 Å². The van der Waals surface area contributed by atoms with Crippen LogP contribution in [0.1, 0.15) is 28.3 Å². The third-order valence-electron chi connectivity index (χ3n) is 3.38. The lowest BCUT2D eigenvalue weighted by atomic mass is 9.91. The van der Waals surface area contributed by atoms with Gasteiger partial charge in [0.05, 0.1) is 13.0 Å². The van der Waals surface area contributed by atoms with Gasteiger partial charge in [0.15, 0.2) is 5.78 Å². The molecule has 0 fully saturated rings. The largest absolute Gasteiger partial charge is 0.469 e. The number of hydrogen-bond donors (Lipinski definition) is 0. The minimum Gasteiger partial charge on any atom is -0.469 e. The summed E-state index contributed by atoms with van der Waals surface area (Å²) in [5.41, 5.74) is 0.971. The molecule has 0 aliphatic heterocycles. The number of carbonyl (C=O) groups is 2. The summed E-state index contributed by atoms with van der Waals surface area (Å²) in [4.78, 5) is 24.5. The van der Waals surface area contributed by atoms with Crippen molar-refractivity contribution in [1.82, 2.24) is 0 Å². The van der Waals surface area contributed by atoms with E-state index in [2.05, 4.69) is 0 Å². The van der Waals surface area contributed by atoms with Crippen molar-refractivity contribution < 1.29 is 14.3 Å². The standard InChI is InChI=1S/C17H13Cl3O3/c1-23-17(22)14(13-7-6-12(19)8-15(13)20)9-16(21)10-2-4-11(18)5-3-10/h2-8,14H,9H2,1H3/t14-/m0/s1. The normalized spacial score (nSPS) is 11.8. The van der Waals surface area contributed by atoms with Crippen LogP contribution in [0.4, 0.5) is 0 Å². The number of esters is 1. The van der Waals surface area contributed by atoms with E-state index in [1.165, 1.54) is 13.2 Å². The Kier molecular flexibility index (Phi) is 6.05. The van der Waals surface area contributed by atoms with Crippen molar-refractivity contribution >= 4 is 46.6 Å². The second-order valence-electron chi connectivity index (χ2n) is 4.88.